The molecule has 1 aromatic carbocycles. The molecule has 23 heavy (non-hydrogen) atoms. The van der Waals surface area contributed by atoms with E-state index in [1.165, 1.54) is 6.08 Å². The van der Waals surface area contributed by atoms with Crippen molar-refractivity contribution in [3.05, 3.63) is 58.9 Å². The zero-order valence-electron chi connectivity index (χ0n) is 13.6. The van der Waals surface area contributed by atoms with E-state index in [1.807, 2.05) is 63.4 Å². The van der Waals surface area contributed by atoms with E-state index in [4.69, 9.17) is 0 Å². The van der Waals surface area contributed by atoms with Gasteiger partial charge in [0.1, 0.15) is 11.6 Å². The largest absolute Gasteiger partial charge is 0.345 e. The van der Waals surface area contributed by atoms with E-state index in [9.17, 15) is 10.1 Å². The van der Waals surface area contributed by atoms with Crippen molar-refractivity contribution in [1.82, 2.24) is 15.1 Å². The van der Waals surface area contributed by atoms with Crippen molar-refractivity contribution < 1.29 is 4.79 Å². The molecule has 0 aliphatic carbocycles. The molecule has 5 nitrogen and oxygen atoms in total. The Morgan fingerprint density at radius 2 is 2.13 bits per heavy atom. The Morgan fingerprint density at radius 3 is 2.65 bits per heavy atom. The summed E-state index contributed by atoms with van der Waals surface area (Å²) in [7, 11) is 1.82. The molecule has 0 saturated carbocycles. The van der Waals surface area contributed by atoms with E-state index < -0.39 is 0 Å². The van der Waals surface area contributed by atoms with Crippen molar-refractivity contribution in [3.8, 4) is 6.07 Å². The highest BCUT2D eigenvalue weighted by Gasteiger charge is 2.16. The summed E-state index contributed by atoms with van der Waals surface area (Å²) in [6, 6.07) is 13.4. The Morgan fingerprint density at radius 1 is 1.43 bits per heavy atom. The highest BCUT2D eigenvalue weighted by molar-refractivity contribution is 6.01. The monoisotopic (exact) mass is 308 g/mol. The number of carbonyl (C=O) groups is 1. The molecular formula is C18H20N4O. The summed E-state index contributed by atoms with van der Waals surface area (Å²) >= 11 is 0. The van der Waals surface area contributed by atoms with Crippen molar-refractivity contribution in [2.45, 2.75) is 26.3 Å². The van der Waals surface area contributed by atoms with Gasteiger partial charge in [-0.25, -0.2) is 0 Å². The van der Waals surface area contributed by atoms with Gasteiger partial charge in [0.25, 0.3) is 5.91 Å². The molecule has 1 atom stereocenters. The third-order valence-corrected chi connectivity index (χ3v) is 3.71. The quantitative estimate of drug-likeness (QED) is 0.682. The number of amides is 1. The van der Waals surface area contributed by atoms with Crippen molar-refractivity contribution in [3.63, 3.8) is 0 Å². The summed E-state index contributed by atoms with van der Waals surface area (Å²) in [5.74, 6) is -0.383. The molecule has 1 amide bonds. The standard InChI is InChI=1S/C18H20N4O/c1-4-17(14-8-6-5-7-9-14)20-18(23)15(12-19)11-16-10-13(2)22(3)21-16/h5-11,17H,4H2,1-3H3,(H,20,23)/b15-11-. The third kappa shape index (κ3) is 4.07. The van der Waals surface area contributed by atoms with E-state index in [2.05, 4.69) is 10.4 Å². The van der Waals surface area contributed by atoms with Gasteiger partial charge in [0.2, 0.25) is 0 Å². The molecule has 1 N–H and O–H groups in total. The Hall–Kier alpha value is -2.87. The number of benzene rings is 1. The third-order valence-electron chi connectivity index (χ3n) is 3.71. The summed E-state index contributed by atoms with van der Waals surface area (Å²) in [6.45, 7) is 3.91. The van der Waals surface area contributed by atoms with Crippen LogP contribution < -0.4 is 5.32 Å². The zero-order valence-corrected chi connectivity index (χ0v) is 13.6. The van der Waals surface area contributed by atoms with Crippen LogP contribution in [-0.4, -0.2) is 15.7 Å². The molecule has 0 fully saturated rings. The lowest BCUT2D eigenvalue weighted by Gasteiger charge is -2.17. The van der Waals surface area contributed by atoms with Crippen LogP contribution in [-0.2, 0) is 11.8 Å². The van der Waals surface area contributed by atoms with Crippen LogP contribution in [0.15, 0.2) is 42.0 Å². The number of rotatable bonds is 5. The maximum Gasteiger partial charge on any atom is 0.262 e. The smallest absolute Gasteiger partial charge is 0.262 e. The molecule has 2 aromatic rings. The van der Waals surface area contributed by atoms with Gasteiger partial charge in [-0.15, -0.1) is 0 Å². The SMILES string of the molecule is CCC(NC(=O)/C(C#N)=C\c1cc(C)n(C)n1)c1ccccc1. The molecule has 0 aliphatic rings. The van der Waals surface area contributed by atoms with Crippen LogP contribution in [0.3, 0.4) is 0 Å². The Balaban J connectivity index is 2.18. The molecule has 118 valence electrons. The first-order valence-corrected chi connectivity index (χ1v) is 7.53. The van der Waals surface area contributed by atoms with Gasteiger partial charge in [-0.05, 0) is 31.1 Å². The summed E-state index contributed by atoms with van der Waals surface area (Å²) < 4.78 is 1.71. The van der Waals surface area contributed by atoms with Gasteiger partial charge in [-0.2, -0.15) is 10.4 Å². The fourth-order valence-corrected chi connectivity index (χ4v) is 2.30. The van der Waals surface area contributed by atoms with Gasteiger partial charge in [0.05, 0.1) is 11.7 Å². The Kier molecular flexibility index (Phi) is 5.32. The van der Waals surface area contributed by atoms with E-state index in [-0.39, 0.29) is 17.5 Å². The van der Waals surface area contributed by atoms with E-state index >= 15 is 0 Å². The lowest BCUT2D eigenvalue weighted by atomic mass is 10.0. The molecule has 5 heteroatoms. The van der Waals surface area contributed by atoms with Crippen LogP contribution in [0.5, 0.6) is 0 Å². The minimum Gasteiger partial charge on any atom is -0.345 e. The van der Waals surface area contributed by atoms with Gasteiger partial charge in [-0.1, -0.05) is 37.3 Å². The molecule has 2 rings (SSSR count). The number of carbonyl (C=O) groups excluding carboxylic acids is 1. The van der Waals surface area contributed by atoms with Gasteiger partial charge < -0.3 is 5.32 Å². The molecule has 1 aromatic heterocycles. The predicted molar refractivity (Wildman–Crippen MR) is 89.2 cm³/mol. The van der Waals surface area contributed by atoms with E-state index in [0.717, 1.165) is 17.7 Å². The molecule has 0 radical (unpaired) electrons. The predicted octanol–water partition coefficient (Wildman–Crippen LogP) is 2.90. The highest BCUT2D eigenvalue weighted by Crippen LogP contribution is 2.17. The Labute approximate surface area is 136 Å². The average molecular weight is 308 g/mol. The first-order chi connectivity index (χ1) is 11.0. The van der Waals surface area contributed by atoms with E-state index in [1.54, 1.807) is 4.68 Å². The Bertz CT molecular complexity index is 734. The molecule has 0 aliphatic heterocycles. The number of aryl methyl sites for hydroxylation is 2. The maximum absolute atomic E-state index is 12.4. The number of aromatic nitrogens is 2. The fraction of sp³-hybridized carbons (Fsp3) is 0.278. The van der Waals surface area contributed by atoms with Crippen LogP contribution >= 0.6 is 0 Å². The summed E-state index contributed by atoms with van der Waals surface area (Å²) in [5, 5.41) is 16.4. The number of nitrogens with one attached hydrogen (secondary N) is 1. The molecule has 0 bridgehead atoms. The van der Waals surface area contributed by atoms with E-state index in [0.29, 0.717) is 5.69 Å². The lowest BCUT2D eigenvalue weighted by molar-refractivity contribution is -0.117. The number of nitrogens with zero attached hydrogens (tertiary/aromatic N) is 3. The molecule has 1 heterocycles. The second-order valence-electron chi connectivity index (χ2n) is 5.35. The summed E-state index contributed by atoms with van der Waals surface area (Å²) in [5.41, 5.74) is 2.64. The van der Waals surface area contributed by atoms with Gasteiger partial charge >= 0.3 is 0 Å². The first-order valence-electron chi connectivity index (χ1n) is 7.53. The van der Waals surface area contributed by atoms with Crippen molar-refractivity contribution in [1.29, 1.82) is 5.26 Å². The minimum absolute atomic E-state index is 0.0532. The first kappa shape index (κ1) is 16.5. The zero-order chi connectivity index (χ0) is 16.8. The molecule has 1 unspecified atom stereocenters. The molecule has 0 saturated heterocycles. The fourth-order valence-electron chi connectivity index (χ4n) is 2.30. The van der Waals surface area contributed by atoms with Gasteiger partial charge in [0.15, 0.2) is 0 Å². The maximum atomic E-state index is 12.4. The van der Waals surface area contributed by atoms with Gasteiger partial charge in [0, 0.05) is 12.7 Å². The van der Waals surface area contributed by atoms with Crippen LogP contribution in [0.25, 0.3) is 6.08 Å². The summed E-state index contributed by atoms with van der Waals surface area (Å²) in [6.07, 6.45) is 2.26. The average Bonchev–Trinajstić information content (AvgIpc) is 2.88. The second-order valence-corrected chi connectivity index (χ2v) is 5.35. The van der Waals surface area contributed by atoms with Crippen LogP contribution in [0.4, 0.5) is 0 Å². The lowest BCUT2D eigenvalue weighted by Crippen LogP contribution is -2.29. The van der Waals surface area contributed by atoms with Crippen LogP contribution in [0, 0.1) is 18.3 Å². The van der Waals surface area contributed by atoms with Crippen LogP contribution in [0.2, 0.25) is 0 Å². The van der Waals surface area contributed by atoms with Crippen molar-refractivity contribution >= 4 is 12.0 Å². The van der Waals surface area contributed by atoms with Crippen molar-refractivity contribution in [2.75, 3.05) is 0 Å². The molecule has 0 spiro atoms. The molecular weight excluding hydrogens is 288 g/mol. The number of nitriles is 1. The minimum atomic E-state index is -0.383. The second kappa shape index (κ2) is 7.41. The topological polar surface area (TPSA) is 70.7 Å². The van der Waals surface area contributed by atoms with Crippen LogP contribution in [0.1, 0.15) is 36.3 Å². The highest BCUT2D eigenvalue weighted by atomic mass is 16.1. The van der Waals surface area contributed by atoms with Gasteiger partial charge in [-0.3, -0.25) is 9.48 Å². The normalized spacial score (nSPS) is 12.5. The number of hydrogen-bond donors (Lipinski definition) is 1. The van der Waals surface area contributed by atoms with Crippen molar-refractivity contribution in [2.24, 2.45) is 7.05 Å². The summed E-state index contributed by atoms with van der Waals surface area (Å²) in [4.78, 5) is 12.4. The number of hydrogen-bond acceptors (Lipinski definition) is 3.